The van der Waals surface area contributed by atoms with Crippen LogP contribution >= 0.6 is 0 Å². The third-order valence-corrected chi connectivity index (χ3v) is 10.0. The molecule has 190 valence electrons. The second-order valence-corrected chi connectivity index (χ2v) is 11.6. The van der Waals surface area contributed by atoms with Gasteiger partial charge in [-0.1, -0.05) is 19.4 Å². The zero-order chi connectivity index (χ0) is 25.2. The number of amides is 1. The highest BCUT2D eigenvalue weighted by atomic mass is 19.4. The average molecular weight is 490 g/mol. The van der Waals surface area contributed by atoms with Crippen LogP contribution in [0.4, 0.5) is 18.9 Å². The van der Waals surface area contributed by atoms with E-state index < -0.39 is 11.7 Å². The summed E-state index contributed by atoms with van der Waals surface area (Å²) in [6, 6.07) is 3.36. The first-order chi connectivity index (χ1) is 16.5. The molecule has 3 saturated carbocycles. The molecule has 0 heterocycles. The Morgan fingerprint density at radius 2 is 1.80 bits per heavy atom. The average Bonchev–Trinajstić information content (AvgIpc) is 3.16. The minimum absolute atomic E-state index is 0.0661. The number of anilines is 1. The number of alkyl halides is 3. The molecule has 4 aliphatic carbocycles. The van der Waals surface area contributed by atoms with Crippen LogP contribution in [0.15, 0.2) is 29.8 Å². The summed E-state index contributed by atoms with van der Waals surface area (Å²) in [6.07, 6.45) is 4.61. The van der Waals surface area contributed by atoms with E-state index in [2.05, 4.69) is 19.2 Å². The predicted octanol–water partition coefficient (Wildman–Crippen LogP) is 6.80. The predicted molar refractivity (Wildman–Crippen MR) is 127 cm³/mol. The molecular weight excluding hydrogens is 455 g/mol. The number of hydrogen-bond donors (Lipinski definition) is 1. The lowest BCUT2D eigenvalue weighted by molar-refractivity contribution is -0.137. The molecule has 3 fully saturated rings. The smallest absolute Gasteiger partial charge is 0.416 e. The van der Waals surface area contributed by atoms with E-state index in [0.717, 1.165) is 57.1 Å². The minimum Gasteiger partial charge on any atom is -0.497 e. The maximum atomic E-state index is 13.4. The van der Waals surface area contributed by atoms with E-state index >= 15 is 0 Å². The van der Waals surface area contributed by atoms with Crippen LogP contribution < -0.4 is 10.1 Å². The number of methoxy groups -OCH3 is 1. The van der Waals surface area contributed by atoms with Crippen LogP contribution in [-0.2, 0) is 15.8 Å². The quantitative estimate of drug-likeness (QED) is 0.508. The Balaban J connectivity index is 1.36. The lowest BCUT2D eigenvalue weighted by Gasteiger charge is -2.58. The van der Waals surface area contributed by atoms with Crippen LogP contribution in [0.25, 0.3) is 0 Å². The molecule has 4 nitrogen and oxygen atoms in total. The molecule has 0 spiro atoms. The molecular formula is C28H34F3NO3. The first kappa shape index (κ1) is 24.4. The van der Waals surface area contributed by atoms with Crippen molar-refractivity contribution in [2.24, 2.45) is 34.5 Å². The number of rotatable bonds is 3. The van der Waals surface area contributed by atoms with Gasteiger partial charge in [0.15, 0.2) is 5.78 Å². The normalized spacial score (nSPS) is 36.5. The molecule has 0 aromatic heterocycles. The summed E-state index contributed by atoms with van der Waals surface area (Å²) in [5, 5.41) is 2.79. The van der Waals surface area contributed by atoms with Gasteiger partial charge in [-0.05, 0) is 91.7 Å². The molecule has 1 aromatic carbocycles. The highest BCUT2D eigenvalue weighted by Gasteiger charge is 2.60. The topological polar surface area (TPSA) is 55.4 Å². The van der Waals surface area contributed by atoms with Crippen molar-refractivity contribution in [3.63, 3.8) is 0 Å². The Morgan fingerprint density at radius 3 is 2.51 bits per heavy atom. The van der Waals surface area contributed by atoms with Gasteiger partial charge in [-0.15, -0.1) is 0 Å². The maximum absolute atomic E-state index is 13.4. The number of ketones is 1. The van der Waals surface area contributed by atoms with Gasteiger partial charge in [-0.3, -0.25) is 9.59 Å². The molecule has 0 unspecified atom stereocenters. The molecule has 5 rings (SSSR count). The van der Waals surface area contributed by atoms with E-state index in [1.165, 1.54) is 18.7 Å². The molecule has 6 atom stereocenters. The Kier molecular flexibility index (Phi) is 5.84. The molecule has 35 heavy (non-hydrogen) atoms. The molecule has 1 aromatic rings. The zero-order valence-electron chi connectivity index (χ0n) is 20.6. The summed E-state index contributed by atoms with van der Waals surface area (Å²) in [5.41, 5.74) is 0.513. The van der Waals surface area contributed by atoms with Crippen molar-refractivity contribution in [1.82, 2.24) is 0 Å². The molecule has 0 aliphatic heterocycles. The highest BCUT2D eigenvalue weighted by Crippen LogP contribution is 2.66. The Labute approximate surface area is 204 Å². The fraction of sp³-hybridized carbons (Fsp3) is 0.643. The maximum Gasteiger partial charge on any atom is 0.416 e. The lowest BCUT2D eigenvalue weighted by atomic mass is 9.47. The fourth-order valence-electron chi connectivity index (χ4n) is 8.17. The van der Waals surface area contributed by atoms with Crippen molar-refractivity contribution >= 4 is 17.4 Å². The van der Waals surface area contributed by atoms with E-state index in [-0.39, 0.29) is 39.9 Å². The molecule has 1 amide bonds. The number of ether oxygens (including phenoxy) is 1. The van der Waals surface area contributed by atoms with E-state index in [4.69, 9.17) is 4.74 Å². The minimum atomic E-state index is -4.52. The summed E-state index contributed by atoms with van der Waals surface area (Å²) in [6.45, 7) is 4.56. The van der Waals surface area contributed by atoms with Gasteiger partial charge < -0.3 is 10.1 Å². The van der Waals surface area contributed by atoms with Crippen LogP contribution in [0.1, 0.15) is 70.8 Å². The third kappa shape index (κ3) is 3.99. The standard InChI is InChI=1S/C28H34F3NO3/c1-26-10-8-19(33)13-16(26)4-5-21-22-6-7-24(27(22,2)11-9-23(21)26)25(34)32-18-12-17(28(29,30)31)14-20(15-18)35-3/h12-15,21-24H,4-11H2,1-3H3,(H,32,34)/t21-,22-,23-,24+,26-,27-/m0/s1. The number of carbonyl (C=O) groups is 2. The van der Waals surface area contributed by atoms with Crippen LogP contribution in [0.5, 0.6) is 5.75 Å². The van der Waals surface area contributed by atoms with Crippen LogP contribution in [-0.4, -0.2) is 18.8 Å². The van der Waals surface area contributed by atoms with Crippen LogP contribution in [0, 0.1) is 34.5 Å². The Hall–Kier alpha value is -2.31. The first-order valence-corrected chi connectivity index (χ1v) is 12.8. The van der Waals surface area contributed by atoms with Gasteiger partial charge in [-0.2, -0.15) is 13.2 Å². The van der Waals surface area contributed by atoms with Gasteiger partial charge in [0.25, 0.3) is 0 Å². The van der Waals surface area contributed by atoms with Crippen molar-refractivity contribution in [1.29, 1.82) is 0 Å². The lowest BCUT2D eigenvalue weighted by Crippen LogP contribution is -2.51. The van der Waals surface area contributed by atoms with Crippen LogP contribution in [0.3, 0.4) is 0 Å². The van der Waals surface area contributed by atoms with E-state index in [1.54, 1.807) is 0 Å². The number of hydrogen-bond acceptors (Lipinski definition) is 3. The molecule has 7 heteroatoms. The molecule has 1 N–H and O–H groups in total. The molecule has 0 saturated heterocycles. The molecule has 0 radical (unpaired) electrons. The summed E-state index contributed by atoms with van der Waals surface area (Å²) < 4.78 is 45.1. The summed E-state index contributed by atoms with van der Waals surface area (Å²) >= 11 is 0. The van der Waals surface area contributed by atoms with Crippen LogP contribution in [0.2, 0.25) is 0 Å². The second-order valence-electron chi connectivity index (χ2n) is 11.6. The number of carbonyl (C=O) groups excluding carboxylic acids is 2. The van der Waals surface area contributed by atoms with E-state index in [0.29, 0.717) is 24.2 Å². The van der Waals surface area contributed by atoms with Crippen molar-refractivity contribution in [3.8, 4) is 5.75 Å². The third-order valence-electron chi connectivity index (χ3n) is 10.0. The highest BCUT2D eigenvalue weighted by molar-refractivity contribution is 5.94. The van der Waals surface area contributed by atoms with Crippen molar-refractivity contribution in [2.45, 2.75) is 71.4 Å². The van der Waals surface area contributed by atoms with Gasteiger partial charge in [0, 0.05) is 24.1 Å². The van der Waals surface area contributed by atoms with Gasteiger partial charge >= 0.3 is 6.18 Å². The number of nitrogens with one attached hydrogen (secondary N) is 1. The van der Waals surface area contributed by atoms with E-state index in [1.807, 2.05) is 6.08 Å². The van der Waals surface area contributed by atoms with Gasteiger partial charge in [0.05, 0.1) is 12.7 Å². The zero-order valence-corrected chi connectivity index (χ0v) is 20.6. The number of benzene rings is 1. The van der Waals surface area contributed by atoms with Crippen molar-refractivity contribution in [2.75, 3.05) is 12.4 Å². The SMILES string of the molecule is COc1cc(NC(=O)[C@H]2CC[C@H]3[C@@H]4CCC5=CC(=O)CC[C@]5(C)[C@H]4CC[C@]23C)cc(C(F)(F)F)c1. The Morgan fingerprint density at radius 1 is 1.03 bits per heavy atom. The molecule has 0 bridgehead atoms. The van der Waals surface area contributed by atoms with E-state index in [9.17, 15) is 22.8 Å². The largest absolute Gasteiger partial charge is 0.497 e. The van der Waals surface area contributed by atoms with Gasteiger partial charge in [0.2, 0.25) is 5.91 Å². The first-order valence-electron chi connectivity index (χ1n) is 12.8. The molecule has 4 aliphatic rings. The summed E-state index contributed by atoms with van der Waals surface area (Å²) in [4.78, 5) is 25.5. The summed E-state index contributed by atoms with van der Waals surface area (Å²) in [5.74, 6) is 1.37. The van der Waals surface area contributed by atoms with Gasteiger partial charge in [0.1, 0.15) is 5.75 Å². The van der Waals surface area contributed by atoms with Gasteiger partial charge in [-0.25, -0.2) is 0 Å². The number of allylic oxidation sites excluding steroid dienone is 1. The summed E-state index contributed by atoms with van der Waals surface area (Å²) in [7, 11) is 1.32. The number of halogens is 3. The second kappa shape index (κ2) is 8.38. The van der Waals surface area contributed by atoms with Crippen molar-refractivity contribution < 1.29 is 27.5 Å². The Bertz CT molecular complexity index is 1080. The monoisotopic (exact) mass is 489 g/mol. The van der Waals surface area contributed by atoms with Crippen molar-refractivity contribution in [3.05, 3.63) is 35.4 Å². The fourth-order valence-corrected chi connectivity index (χ4v) is 8.17. The number of fused-ring (bicyclic) bond motifs is 5.